The van der Waals surface area contributed by atoms with Crippen molar-refractivity contribution >= 4 is 28.8 Å². The van der Waals surface area contributed by atoms with E-state index in [1.807, 2.05) is 37.3 Å². The van der Waals surface area contributed by atoms with Crippen LogP contribution in [0.25, 0.3) is 0 Å². The molecule has 0 N–H and O–H groups in total. The van der Waals surface area contributed by atoms with Gasteiger partial charge in [0.15, 0.2) is 0 Å². The third-order valence-corrected chi connectivity index (χ3v) is 4.88. The van der Waals surface area contributed by atoms with Gasteiger partial charge in [-0.2, -0.15) is 0 Å². The Labute approximate surface area is 139 Å². The van der Waals surface area contributed by atoms with Gasteiger partial charge in [0, 0.05) is 24.7 Å². The van der Waals surface area contributed by atoms with E-state index in [0.717, 1.165) is 17.1 Å². The summed E-state index contributed by atoms with van der Waals surface area (Å²) in [6.07, 6.45) is 1.56. The number of hydrogen-bond donors (Lipinski definition) is 0. The summed E-state index contributed by atoms with van der Waals surface area (Å²) < 4.78 is 0. The molecule has 2 amide bonds. The van der Waals surface area contributed by atoms with Crippen LogP contribution in [-0.4, -0.2) is 41.3 Å². The lowest BCUT2D eigenvalue weighted by Crippen LogP contribution is -2.53. The molecule has 1 aromatic heterocycles. The molecule has 0 spiro atoms. The molecule has 0 unspecified atom stereocenters. The second kappa shape index (κ2) is 6.50. The molecule has 0 radical (unpaired) electrons. The smallest absolute Gasteiger partial charge is 0.273 e. The first-order chi connectivity index (χ1) is 11.1. The van der Waals surface area contributed by atoms with Crippen LogP contribution >= 0.6 is 11.3 Å². The Kier molecular flexibility index (Phi) is 4.43. The first-order valence-electron chi connectivity index (χ1n) is 7.63. The topological polar surface area (TPSA) is 53.5 Å². The SMILES string of the molecule is Cc1nc(C(=O)N(C)[C@H]2CCCN(c3ccccc3)C2=O)cs1. The monoisotopic (exact) mass is 329 g/mol. The molecule has 1 aromatic carbocycles. The maximum Gasteiger partial charge on any atom is 0.273 e. The van der Waals surface area contributed by atoms with Gasteiger partial charge in [-0.1, -0.05) is 18.2 Å². The highest BCUT2D eigenvalue weighted by Gasteiger charge is 2.35. The molecule has 6 heteroatoms. The maximum absolute atomic E-state index is 12.8. The van der Waals surface area contributed by atoms with Crippen molar-refractivity contribution in [3.8, 4) is 0 Å². The summed E-state index contributed by atoms with van der Waals surface area (Å²) in [6.45, 7) is 2.56. The molecule has 1 aliphatic heterocycles. The first-order valence-corrected chi connectivity index (χ1v) is 8.51. The summed E-state index contributed by atoms with van der Waals surface area (Å²) in [5.41, 5.74) is 1.30. The van der Waals surface area contributed by atoms with Crippen LogP contribution in [0.3, 0.4) is 0 Å². The fraction of sp³-hybridized carbons (Fsp3) is 0.353. The van der Waals surface area contributed by atoms with Gasteiger partial charge in [0.1, 0.15) is 11.7 Å². The van der Waals surface area contributed by atoms with E-state index in [4.69, 9.17) is 0 Å². The van der Waals surface area contributed by atoms with E-state index in [1.165, 1.54) is 16.2 Å². The number of benzene rings is 1. The molecule has 0 aliphatic carbocycles. The van der Waals surface area contributed by atoms with Crippen molar-refractivity contribution in [2.75, 3.05) is 18.5 Å². The number of para-hydroxylation sites is 1. The molecule has 0 bridgehead atoms. The Balaban J connectivity index is 1.79. The third-order valence-electron chi connectivity index (χ3n) is 4.10. The second-order valence-electron chi connectivity index (χ2n) is 5.65. The minimum atomic E-state index is -0.432. The number of rotatable bonds is 3. The minimum absolute atomic E-state index is 0.0229. The van der Waals surface area contributed by atoms with Crippen molar-refractivity contribution in [1.82, 2.24) is 9.88 Å². The van der Waals surface area contributed by atoms with Crippen LogP contribution in [0.5, 0.6) is 0 Å². The summed E-state index contributed by atoms with van der Waals surface area (Å²) in [7, 11) is 1.69. The number of aryl methyl sites for hydroxylation is 1. The number of carbonyl (C=O) groups excluding carboxylic acids is 2. The van der Waals surface area contributed by atoms with Crippen LogP contribution in [0.1, 0.15) is 28.3 Å². The lowest BCUT2D eigenvalue weighted by molar-refractivity contribution is -0.124. The molecular weight excluding hydrogens is 310 g/mol. The van der Waals surface area contributed by atoms with Gasteiger partial charge in [-0.15, -0.1) is 11.3 Å². The van der Waals surface area contributed by atoms with Crippen LogP contribution in [0, 0.1) is 6.92 Å². The van der Waals surface area contributed by atoms with Gasteiger partial charge in [-0.25, -0.2) is 4.98 Å². The van der Waals surface area contributed by atoms with E-state index in [0.29, 0.717) is 18.7 Å². The van der Waals surface area contributed by atoms with Gasteiger partial charge in [0.25, 0.3) is 5.91 Å². The molecule has 0 saturated carbocycles. The summed E-state index contributed by atoms with van der Waals surface area (Å²) in [6, 6.07) is 9.17. The summed E-state index contributed by atoms with van der Waals surface area (Å²) in [5, 5.41) is 2.60. The van der Waals surface area contributed by atoms with E-state index in [1.54, 1.807) is 17.3 Å². The number of aromatic nitrogens is 1. The van der Waals surface area contributed by atoms with Crippen LogP contribution < -0.4 is 4.90 Å². The van der Waals surface area contributed by atoms with Gasteiger partial charge < -0.3 is 9.80 Å². The van der Waals surface area contributed by atoms with Gasteiger partial charge in [0.2, 0.25) is 5.91 Å². The molecule has 1 atom stereocenters. The largest absolute Gasteiger partial charge is 0.328 e. The van der Waals surface area contributed by atoms with Gasteiger partial charge in [-0.05, 0) is 31.9 Å². The van der Waals surface area contributed by atoms with E-state index >= 15 is 0 Å². The fourth-order valence-corrected chi connectivity index (χ4v) is 3.45. The Morgan fingerprint density at radius 2 is 2.09 bits per heavy atom. The average Bonchev–Trinajstić information content (AvgIpc) is 3.01. The number of thiazole rings is 1. The maximum atomic E-state index is 12.8. The normalized spacial score (nSPS) is 18.1. The van der Waals surface area contributed by atoms with Crippen molar-refractivity contribution in [3.63, 3.8) is 0 Å². The van der Waals surface area contributed by atoms with Crippen LogP contribution in [-0.2, 0) is 4.79 Å². The highest BCUT2D eigenvalue weighted by molar-refractivity contribution is 7.09. The lowest BCUT2D eigenvalue weighted by Gasteiger charge is -2.36. The third kappa shape index (κ3) is 3.12. The standard InChI is InChI=1S/C17H19N3O2S/c1-12-18-14(11-23-12)16(21)19(2)15-9-6-10-20(17(15)22)13-7-4-3-5-8-13/h3-5,7-8,11,15H,6,9-10H2,1-2H3/t15-/m0/s1. The number of hydrogen-bond acceptors (Lipinski definition) is 4. The molecule has 23 heavy (non-hydrogen) atoms. The van der Waals surface area contributed by atoms with Crippen molar-refractivity contribution < 1.29 is 9.59 Å². The molecule has 1 aliphatic rings. The summed E-state index contributed by atoms with van der Waals surface area (Å²) in [5.74, 6) is -0.215. The highest BCUT2D eigenvalue weighted by atomic mass is 32.1. The average molecular weight is 329 g/mol. The zero-order valence-corrected chi connectivity index (χ0v) is 14.0. The van der Waals surface area contributed by atoms with Crippen LogP contribution in [0.2, 0.25) is 0 Å². The van der Waals surface area contributed by atoms with Crippen LogP contribution in [0.15, 0.2) is 35.7 Å². The zero-order valence-electron chi connectivity index (χ0n) is 13.2. The highest BCUT2D eigenvalue weighted by Crippen LogP contribution is 2.24. The van der Waals surface area contributed by atoms with Gasteiger partial charge in [-0.3, -0.25) is 9.59 Å². The fourth-order valence-electron chi connectivity index (χ4n) is 2.86. The van der Waals surface area contributed by atoms with E-state index in [-0.39, 0.29) is 11.8 Å². The number of carbonyl (C=O) groups is 2. The minimum Gasteiger partial charge on any atom is -0.328 e. The Morgan fingerprint density at radius 1 is 1.35 bits per heavy atom. The Hall–Kier alpha value is -2.21. The molecule has 1 saturated heterocycles. The van der Waals surface area contributed by atoms with Gasteiger partial charge in [0.05, 0.1) is 5.01 Å². The quantitative estimate of drug-likeness (QED) is 0.870. The van der Waals surface area contributed by atoms with Gasteiger partial charge >= 0.3 is 0 Å². The predicted octanol–water partition coefficient (Wildman–Crippen LogP) is 2.72. The van der Waals surface area contributed by atoms with E-state index in [9.17, 15) is 9.59 Å². The summed E-state index contributed by atoms with van der Waals surface area (Å²) in [4.78, 5) is 32.9. The predicted molar refractivity (Wildman–Crippen MR) is 90.8 cm³/mol. The number of piperidine rings is 1. The summed E-state index contributed by atoms with van der Waals surface area (Å²) >= 11 is 1.44. The van der Waals surface area contributed by atoms with E-state index in [2.05, 4.69) is 4.98 Å². The molecule has 2 heterocycles. The molecule has 2 aromatic rings. The molecule has 1 fully saturated rings. The number of nitrogens with zero attached hydrogens (tertiary/aromatic N) is 3. The first kappa shape index (κ1) is 15.7. The zero-order chi connectivity index (χ0) is 16.4. The van der Waals surface area contributed by atoms with Crippen molar-refractivity contribution in [2.24, 2.45) is 0 Å². The molecule has 120 valence electrons. The van der Waals surface area contributed by atoms with Crippen molar-refractivity contribution in [3.05, 3.63) is 46.4 Å². The Morgan fingerprint density at radius 3 is 2.74 bits per heavy atom. The van der Waals surface area contributed by atoms with Crippen molar-refractivity contribution in [2.45, 2.75) is 25.8 Å². The van der Waals surface area contributed by atoms with Crippen molar-refractivity contribution in [1.29, 1.82) is 0 Å². The number of likely N-dealkylation sites (N-methyl/N-ethyl adjacent to an activating group) is 1. The number of anilines is 1. The molecule has 5 nitrogen and oxygen atoms in total. The van der Waals surface area contributed by atoms with Crippen LogP contribution in [0.4, 0.5) is 5.69 Å². The lowest BCUT2D eigenvalue weighted by atomic mass is 10.0. The molecule has 3 rings (SSSR count). The second-order valence-corrected chi connectivity index (χ2v) is 6.71. The Bertz CT molecular complexity index is 714. The molecular formula is C17H19N3O2S. The van der Waals surface area contributed by atoms with E-state index < -0.39 is 6.04 Å². The number of amides is 2.